The van der Waals surface area contributed by atoms with Crippen molar-refractivity contribution in [3.63, 3.8) is 0 Å². The molecule has 1 aromatic rings. The van der Waals surface area contributed by atoms with Gasteiger partial charge in [-0.15, -0.1) is 0 Å². The maximum absolute atomic E-state index is 5.53. The number of hydrogen-bond acceptors (Lipinski definition) is 3. The van der Waals surface area contributed by atoms with E-state index in [1.807, 2.05) is 7.05 Å². The van der Waals surface area contributed by atoms with Gasteiger partial charge in [0.1, 0.15) is 0 Å². The van der Waals surface area contributed by atoms with Crippen LogP contribution in [0.25, 0.3) is 0 Å². The van der Waals surface area contributed by atoms with Crippen LogP contribution in [0.3, 0.4) is 0 Å². The van der Waals surface area contributed by atoms with Crippen molar-refractivity contribution in [3.8, 4) is 0 Å². The summed E-state index contributed by atoms with van der Waals surface area (Å²) >= 11 is 0. The van der Waals surface area contributed by atoms with E-state index in [0.29, 0.717) is 12.1 Å². The molecule has 108 valence electrons. The van der Waals surface area contributed by atoms with Crippen LogP contribution in [0, 0.1) is 0 Å². The third kappa shape index (κ3) is 2.70. The highest BCUT2D eigenvalue weighted by Gasteiger charge is 2.26. The van der Waals surface area contributed by atoms with E-state index < -0.39 is 0 Å². The lowest BCUT2D eigenvalue weighted by Gasteiger charge is -2.18. The monoisotopic (exact) mass is 265 g/mol. The molecule has 0 bridgehead atoms. The van der Waals surface area contributed by atoms with Crippen molar-refractivity contribution in [2.24, 2.45) is 0 Å². The van der Waals surface area contributed by atoms with Crippen LogP contribution in [0.4, 0.5) is 0 Å². The van der Waals surface area contributed by atoms with Gasteiger partial charge in [0.15, 0.2) is 0 Å². The van der Waals surface area contributed by atoms with Crippen molar-refractivity contribution in [1.29, 1.82) is 0 Å². The summed E-state index contributed by atoms with van der Waals surface area (Å²) in [6.07, 6.45) is 4.23. The zero-order valence-corrected chi connectivity index (χ0v) is 12.7. The summed E-state index contributed by atoms with van der Waals surface area (Å²) in [4.78, 5) is 0. The molecule has 0 aromatic carbocycles. The summed E-state index contributed by atoms with van der Waals surface area (Å²) < 4.78 is 7.78. The van der Waals surface area contributed by atoms with Gasteiger partial charge >= 0.3 is 0 Å². The maximum atomic E-state index is 5.53. The Hall–Kier alpha value is -0.870. The third-order valence-corrected chi connectivity index (χ3v) is 4.15. The molecule has 1 N–H and O–H groups in total. The molecule has 2 unspecified atom stereocenters. The van der Waals surface area contributed by atoms with Gasteiger partial charge in [-0.3, -0.25) is 4.68 Å². The summed E-state index contributed by atoms with van der Waals surface area (Å²) in [5.74, 6) is 0. The van der Waals surface area contributed by atoms with Gasteiger partial charge in [-0.1, -0.05) is 20.8 Å². The molecule has 2 atom stereocenters. The molecule has 0 saturated carbocycles. The molecule has 1 aliphatic rings. The van der Waals surface area contributed by atoms with Gasteiger partial charge in [0.05, 0.1) is 18.3 Å². The molecule has 0 radical (unpaired) electrons. The van der Waals surface area contributed by atoms with Crippen molar-refractivity contribution in [2.45, 2.75) is 58.5 Å². The second-order valence-corrected chi connectivity index (χ2v) is 5.23. The minimum atomic E-state index is 0.418. The number of aryl methyl sites for hydroxylation is 1. The maximum Gasteiger partial charge on any atom is 0.0777 e. The molecule has 0 amide bonds. The van der Waals surface area contributed by atoms with Gasteiger partial charge in [0.2, 0.25) is 0 Å². The fourth-order valence-corrected chi connectivity index (χ4v) is 3.12. The molecule has 2 heterocycles. The quantitative estimate of drug-likeness (QED) is 0.859. The van der Waals surface area contributed by atoms with E-state index in [-0.39, 0.29) is 0 Å². The highest BCUT2D eigenvalue weighted by Crippen LogP contribution is 2.30. The predicted molar refractivity (Wildman–Crippen MR) is 77.5 cm³/mol. The predicted octanol–water partition coefficient (Wildman–Crippen LogP) is 2.64. The lowest BCUT2D eigenvalue weighted by Crippen LogP contribution is -2.19. The summed E-state index contributed by atoms with van der Waals surface area (Å²) in [5.41, 5.74) is 4.08. The standard InChI is InChI=1S/C15H27N3O/c1-5-12(16-4)15-13(6-2)17-18(14(15)7-3)11-8-9-19-10-11/h11-12,16H,5-10H2,1-4H3. The fourth-order valence-electron chi connectivity index (χ4n) is 3.12. The molecule has 2 rings (SSSR count). The Labute approximate surface area is 116 Å². The first-order valence-electron chi connectivity index (χ1n) is 7.61. The van der Waals surface area contributed by atoms with Crippen LogP contribution < -0.4 is 5.32 Å². The average Bonchev–Trinajstić information content (AvgIpc) is 3.06. The minimum Gasteiger partial charge on any atom is -0.379 e. The van der Waals surface area contributed by atoms with Crippen LogP contribution in [-0.2, 0) is 17.6 Å². The molecular weight excluding hydrogens is 238 g/mol. The van der Waals surface area contributed by atoms with E-state index in [1.54, 1.807) is 0 Å². The number of aromatic nitrogens is 2. The molecule has 1 aromatic heterocycles. The Morgan fingerprint density at radius 1 is 1.37 bits per heavy atom. The van der Waals surface area contributed by atoms with E-state index in [1.165, 1.54) is 17.0 Å². The molecule has 0 aliphatic carbocycles. The number of ether oxygens (including phenoxy) is 1. The van der Waals surface area contributed by atoms with Crippen molar-refractivity contribution in [3.05, 3.63) is 17.0 Å². The van der Waals surface area contributed by atoms with Gasteiger partial charge in [0, 0.05) is 23.9 Å². The van der Waals surface area contributed by atoms with Gasteiger partial charge in [-0.25, -0.2) is 0 Å². The summed E-state index contributed by atoms with van der Waals surface area (Å²) in [5, 5.41) is 8.33. The fraction of sp³-hybridized carbons (Fsp3) is 0.800. The van der Waals surface area contributed by atoms with Gasteiger partial charge in [-0.05, 0) is 32.7 Å². The van der Waals surface area contributed by atoms with Crippen LogP contribution in [0.15, 0.2) is 0 Å². The molecule has 0 spiro atoms. The Morgan fingerprint density at radius 3 is 2.63 bits per heavy atom. The Kier molecular flexibility index (Phi) is 4.99. The minimum absolute atomic E-state index is 0.418. The number of rotatable bonds is 6. The zero-order valence-electron chi connectivity index (χ0n) is 12.7. The molecular formula is C15H27N3O. The summed E-state index contributed by atoms with van der Waals surface area (Å²) in [6.45, 7) is 8.34. The van der Waals surface area contributed by atoms with Crippen LogP contribution in [0.2, 0.25) is 0 Å². The molecule has 1 aliphatic heterocycles. The van der Waals surface area contributed by atoms with Crippen molar-refractivity contribution in [1.82, 2.24) is 15.1 Å². The zero-order chi connectivity index (χ0) is 13.8. The van der Waals surface area contributed by atoms with Crippen LogP contribution in [0.1, 0.15) is 62.6 Å². The van der Waals surface area contributed by atoms with Gasteiger partial charge < -0.3 is 10.1 Å². The highest BCUT2D eigenvalue weighted by atomic mass is 16.5. The Morgan fingerprint density at radius 2 is 2.16 bits per heavy atom. The largest absolute Gasteiger partial charge is 0.379 e. The molecule has 1 fully saturated rings. The van der Waals surface area contributed by atoms with E-state index >= 15 is 0 Å². The smallest absolute Gasteiger partial charge is 0.0777 e. The van der Waals surface area contributed by atoms with Crippen LogP contribution >= 0.6 is 0 Å². The lowest BCUT2D eigenvalue weighted by molar-refractivity contribution is 0.184. The molecule has 1 saturated heterocycles. The average molecular weight is 265 g/mol. The van der Waals surface area contributed by atoms with Crippen LogP contribution in [0.5, 0.6) is 0 Å². The van der Waals surface area contributed by atoms with E-state index in [2.05, 4.69) is 30.8 Å². The normalized spacial score (nSPS) is 20.9. The van der Waals surface area contributed by atoms with E-state index in [9.17, 15) is 0 Å². The van der Waals surface area contributed by atoms with Crippen molar-refractivity contribution in [2.75, 3.05) is 20.3 Å². The summed E-state index contributed by atoms with van der Waals surface area (Å²) in [7, 11) is 2.04. The molecule has 4 heteroatoms. The Bertz CT molecular complexity index is 404. The second kappa shape index (κ2) is 6.53. The van der Waals surface area contributed by atoms with Crippen LogP contribution in [-0.4, -0.2) is 30.0 Å². The first-order chi connectivity index (χ1) is 9.26. The van der Waals surface area contributed by atoms with Gasteiger partial charge in [0.25, 0.3) is 0 Å². The SMILES string of the molecule is CCc1nn(C2CCOC2)c(CC)c1C(CC)NC. The Balaban J connectivity index is 2.44. The van der Waals surface area contributed by atoms with Crippen molar-refractivity contribution >= 4 is 0 Å². The first kappa shape index (κ1) is 14.5. The molecule has 19 heavy (non-hydrogen) atoms. The van der Waals surface area contributed by atoms with Crippen molar-refractivity contribution < 1.29 is 4.74 Å². The third-order valence-electron chi connectivity index (χ3n) is 4.15. The number of nitrogens with one attached hydrogen (secondary N) is 1. The first-order valence-corrected chi connectivity index (χ1v) is 7.61. The number of hydrogen-bond donors (Lipinski definition) is 1. The molecule has 4 nitrogen and oxygen atoms in total. The van der Waals surface area contributed by atoms with E-state index in [0.717, 1.165) is 38.9 Å². The second-order valence-electron chi connectivity index (χ2n) is 5.23. The highest BCUT2D eigenvalue weighted by molar-refractivity contribution is 5.31. The number of nitrogens with zero attached hydrogens (tertiary/aromatic N) is 2. The van der Waals surface area contributed by atoms with E-state index in [4.69, 9.17) is 9.84 Å². The lowest BCUT2D eigenvalue weighted by atomic mass is 9.99. The topological polar surface area (TPSA) is 39.1 Å². The van der Waals surface area contributed by atoms with Gasteiger partial charge in [-0.2, -0.15) is 5.10 Å². The summed E-state index contributed by atoms with van der Waals surface area (Å²) in [6, 6.07) is 0.851.